The second-order valence-electron chi connectivity index (χ2n) is 13.1. The molecule has 0 radical (unpaired) electrons. The largest absolute Gasteiger partial charge is 0.299 e. The normalized spacial score (nSPS) is 13.5. The molecule has 4 rings (SSSR count). The van der Waals surface area contributed by atoms with E-state index in [1.54, 1.807) is 21.6 Å². The summed E-state index contributed by atoms with van der Waals surface area (Å²) in [6.45, 7) is 0. The Morgan fingerprint density at radius 1 is 0.218 bits per heavy atom. The Hall–Kier alpha value is -2.62. The topological polar surface area (TPSA) is 434 Å². The van der Waals surface area contributed by atoms with Gasteiger partial charge in [-0.15, -0.1) is 0 Å². The molecule has 0 aliphatic heterocycles. The lowest BCUT2D eigenvalue weighted by molar-refractivity contribution is 0.361. The molecule has 0 aliphatic carbocycles. The van der Waals surface area contributed by atoms with E-state index in [0.717, 1.165) is 0 Å². The van der Waals surface area contributed by atoms with Gasteiger partial charge in [-0.2, -0.15) is 84.2 Å². The van der Waals surface area contributed by atoms with Crippen LogP contribution in [0.5, 0.6) is 0 Å². The van der Waals surface area contributed by atoms with Gasteiger partial charge in [0.1, 0.15) is 49.0 Å². The minimum absolute atomic E-state index is 0.209. The van der Waals surface area contributed by atoms with Gasteiger partial charge in [0.25, 0.3) is 101 Å². The second-order valence-corrected chi connectivity index (χ2v) is 34.0. The van der Waals surface area contributed by atoms with Crippen molar-refractivity contribution >= 4 is 144 Å². The zero-order valence-corrected chi connectivity index (χ0v) is 52.2. The minimum atomic E-state index is -6.18. The van der Waals surface area contributed by atoms with E-state index in [9.17, 15) is 84.2 Å². The number of benzene rings is 4. The van der Waals surface area contributed by atoms with E-state index in [1.165, 1.54) is 9.79 Å². The Kier molecular flexibility index (Phi) is 23.5. The standard InChI is InChI=1S/C22H30O30S12.C12H10S2/c1-43-55(23,24)13-11(14(56(25,26)44-2)18(60(33,34)48-6)21(63(39,40)51-9)17(13)59(31,32)47-5)53-54-12-15(57(27,28)45-3)19(61(35,36)49-7)22(64(41,42)52-10)20(62(37,38)50-8)16(12)58(29,30)46-4;1-3-7-11(8-4-1)13-14-12-9-5-2-6-10-12/h1-10H3;1-10H. The monoisotopic (exact) mass is 1380 g/mol. The van der Waals surface area contributed by atoms with Crippen LogP contribution in [0.2, 0.25) is 0 Å². The summed E-state index contributed by atoms with van der Waals surface area (Å²) >= 11 is 0. The molecular formula is C34H40O30S14. The molecule has 0 saturated heterocycles. The van der Waals surface area contributed by atoms with Gasteiger partial charge in [-0.05, 0) is 45.9 Å². The lowest BCUT2D eigenvalue weighted by Crippen LogP contribution is -2.26. The molecule has 0 unspecified atom stereocenters. The summed E-state index contributed by atoms with van der Waals surface area (Å²) in [6, 6.07) is 20.8. The second kappa shape index (κ2) is 26.3. The van der Waals surface area contributed by atoms with Gasteiger partial charge in [-0.1, -0.05) is 58.0 Å². The Morgan fingerprint density at radius 2 is 0.359 bits per heavy atom. The molecule has 0 N–H and O–H groups in total. The van der Waals surface area contributed by atoms with Crippen molar-refractivity contribution in [2.24, 2.45) is 0 Å². The van der Waals surface area contributed by atoms with Gasteiger partial charge in [-0.25, -0.2) is 0 Å². The molecule has 4 aromatic rings. The van der Waals surface area contributed by atoms with E-state index in [-0.39, 0.29) is 71.1 Å². The van der Waals surface area contributed by atoms with Crippen LogP contribution in [0.1, 0.15) is 0 Å². The number of rotatable bonds is 26. The van der Waals surface area contributed by atoms with Gasteiger partial charge in [0, 0.05) is 9.79 Å². The van der Waals surface area contributed by atoms with Crippen molar-refractivity contribution in [1.29, 1.82) is 0 Å². The predicted octanol–water partition coefficient (Wildman–Crippen LogP) is 2.32. The molecule has 78 heavy (non-hydrogen) atoms. The molecule has 0 saturated carbocycles. The van der Waals surface area contributed by atoms with E-state index in [1.807, 2.05) is 12.1 Å². The van der Waals surface area contributed by atoms with Crippen LogP contribution in [0.3, 0.4) is 0 Å². The van der Waals surface area contributed by atoms with E-state index in [0.29, 0.717) is 0 Å². The first-order chi connectivity index (χ1) is 35.8. The zero-order valence-electron chi connectivity index (χ0n) is 40.7. The molecule has 0 fully saturated rings. The summed E-state index contributed by atoms with van der Waals surface area (Å²) in [5, 5.41) is 0. The first-order valence-electron chi connectivity index (χ1n) is 19.1. The Balaban J connectivity index is 0.000000975. The summed E-state index contributed by atoms with van der Waals surface area (Å²) in [5.74, 6) is 0. The minimum Gasteiger partial charge on any atom is -0.270 e. The zero-order chi connectivity index (χ0) is 60.1. The van der Waals surface area contributed by atoms with Crippen LogP contribution >= 0.6 is 43.2 Å². The van der Waals surface area contributed by atoms with Crippen molar-refractivity contribution in [3.63, 3.8) is 0 Å². The van der Waals surface area contributed by atoms with Crippen LogP contribution in [0, 0.1) is 0 Å². The van der Waals surface area contributed by atoms with Gasteiger partial charge in [0.2, 0.25) is 0 Å². The van der Waals surface area contributed by atoms with Crippen LogP contribution < -0.4 is 0 Å². The molecule has 0 bridgehead atoms. The van der Waals surface area contributed by atoms with E-state index < -0.39 is 182 Å². The highest BCUT2D eigenvalue weighted by Gasteiger charge is 2.52. The van der Waals surface area contributed by atoms with Crippen molar-refractivity contribution in [3.05, 3.63) is 60.7 Å². The maximum Gasteiger partial charge on any atom is 0.299 e. The molecule has 0 aliphatic rings. The van der Waals surface area contributed by atoms with Crippen LogP contribution in [-0.4, -0.2) is 155 Å². The van der Waals surface area contributed by atoms with Crippen molar-refractivity contribution < 1.29 is 126 Å². The molecule has 0 atom stereocenters. The molecule has 0 aromatic heterocycles. The van der Waals surface area contributed by atoms with Crippen LogP contribution in [0.15, 0.2) is 129 Å². The Morgan fingerprint density at radius 3 is 0.513 bits per heavy atom. The SMILES string of the molecule is COS(=O)(=O)c1c(SSc2c(S(=O)(=O)OC)c(S(=O)(=O)OC)c(S(=O)(=O)OC)c(S(=O)(=O)OC)c2S(=O)(=O)OC)c(S(=O)(=O)OC)c(S(=O)(=O)OC)c(S(=O)(=O)OC)c1S(=O)(=O)OC.c1ccc(SSc2ccccc2)cc1. The maximum atomic E-state index is 13.8. The fourth-order valence-electron chi connectivity index (χ4n) is 5.62. The molecule has 440 valence electrons. The van der Waals surface area contributed by atoms with Crippen molar-refractivity contribution in [3.8, 4) is 0 Å². The lowest BCUT2D eigenvalue weighted by atomic mass is 10.3. The van der Waals surface area contributed by atoms with Crippen molar-refractivity contribution in [1.82, 2.24) is 0 Å². The maximum absolute atomic E-state index is 13.8. The third-order valence-electron chi connectivity index (χ3n) is 9.10. The predicted molar refractivity (Wildman–Crippen MR) is 271 cm³/mol. The van der Waals surface area contributed by atoms with Gasteiger partial charge in [0.15, 0.2) is 0 Å². The quantitative estimate of drug-likeness (QED) is 0.0643. The first-order valence-corrected chi connectivity index (χ1v) is 37.5. The van der Waals surface area contributed by atoms with Crippen molar-refractivity contribution in [2.45, 2.75) is 68.5 Å². The molecular weight excluding hydrogens is 1340 g/mol. The molecule has 0 amide bonds. The summed E-state index contributed by atoms with van der Waals surface area (Å²) in [6.07, 6.45) is 0. The average Bonchev–Trinajstić information content (AvgIpc) is 3.40. The van der Waals surface area contributed by atoms with Gasteiger partial charge in [-0.3, -0.25) is 41.8 Å². The third-order valence-corrected chi connectivity index (χ3v) is 29.0. The van der Waals surface area contributed by atoms with E-state index >= 15 is 0 Å². The molecule has 30 nitrogen and oxygen atoms in total. The van der Waals surface area contributed by atoms with Gasteiger partial charge < -0.3 is 0 Å². The number of hydrogen-bond donors (Lipinski definition) is 0. The summed E-state index contributed by atoms with van der Waals surface area (Å²) < 4.78 is 317. The van der Waals surface area contributed by atoms with Crippen molar-refractivity contribution in [2.75, 3.05) is 71.1 Å². The number of hydrogen-bond acceptors (Lipinski definition) is 34. The summed E-state index contributed by atoms with van der Waals surface area (Å²) in [5.41, 5.74) is 0. The summed E-state index contributed by atoms with van der Waals surface area (Å²) in [7, 11) is -57.7. The van der Waals surface area contributed by atoms with Crippen LogP contribution in [-0.2, 0) is 143 Å². The highest BCUT2D eigenvalue weighted by molar-refractivity contribution is 8.77. The fourth-order valence-corrected chi connectivity index (χ4v) is 26.3. The lowest BCUT2D eigenvalue weighted by Gasteiger charge is -2.24. The average molecular weight is 1380 g/mol. The third kappa shape index (κ3) is 14.8. The molecule has 4 aromatic carbocycles. The van der Waals surface area contributed by atoms with E-state index in [2.05, 4.69) is 90.4 Å². The highest BCUT2D eigenvalue weighted by atomic mass is 33.1. The van der Waals surface area contributed by atoms with E-state index in [4.69, 9.17) is 0 Å². The smallest absolute Gasteiger partial charge is 0.270 e. The van der Waals surface area contributed by atoms with Gasteiger partial charge in [0.05, 0.1) is 80.9 Å². The van der Waals surface area contributed by atoms with Gasteiger partial charge >= 0.3 is 0 Å². The first kappa shape index (κ1) is 69.6. The highest BCUT2D eigenvalue weighted by Crippen LogP contribution is 2.56. The van der Waals surface area contributed by atoms with Crippen LogP contribution in [0.4, 0.5) is 0 Å². The Labute approximate surface area is 466 Å². The Bertz CT molecular complexity index is 3640. The molecule has 0 heterocycles. The molecule has 0 spiro atoms. The fraction of sp³-hybridized carbons (Fsp3) is 0.294. The van der Waals surface area contributed by atoms with Crippen LogP contribution in [0.25, 0.3) is 0 Å². The molecule has 44 heteroatoms. The summed E-state index contributed by atoms with van der Waals surface area (Å²) in [4.78, 5) is -25.3.